The minimum absolute atomic E-state index is 0.221. The first-order valence-electron chi connectivity index (χ1n) is 2.51. The van der Waals surface area contributed by atoms with Gasteiger partial charge >= 0.3 is 0 Å². The second kappa shape index (κ2) is 2.46. The van der Waals surface area contributed by atoms with Crippen LogP contribution in [0, 0.1) is 0 Å². The maximum Gasteiger partial charge on any atom is 0.153 e. The Morgan fingerprint density at radius 3 is 3.00 bits per heavy atom. The molecule has 0 radical (unpaired) electrons. The number of aliphatic hydroxyl groups excluding tert-OH is 1. The first-order valence-corrected chi connectivity index (χ1v) is 2.51. The maximum atomic E-state index is 10.1. The lowest BCUT2D eigenvalue weighted by molar-refractivity contribution is 0.111. The zero-order chi connectivity index (χ0) is 6.69. The lowest BCUT2D eigenvalue weighted by atomic mass is 10.3. The first-order chi connectivity index (χ1) is 4.38. The van der Waals surface area contributed by atoms with Crippen LogP contribution >= 0.6 is 0 Å². The Morgan fingerprint density at radius 2 is 2.56 bits per heavy atom. The van der Waals surface area contributed by atoms with Crippen molar-refractivity contribution < 1.29 is 14.3 Å². The van der Waals surface area contributed by atoms with Crippen LogP contribution in [0.2, 0.25) is 0 Å². The average Bonchev–Trinajstić information content (AvgIpc) is 2.33. The van der Waals surface area contributed by atoms with E-state index in [0.29, 0.717) is 17.6 Å². The molecule has 0 aliphatic rings. The zero-order valence-corrected chi connectivity index (χ0v) is 4.70. The summed E-state index contributed by atoms with van der Waals surface area (Å²) in [6.45, 7) is -0.221. The molecular formula is C6H6O3. The van der Waals surface area contributed by atoms with Crippen LogP contribution in [0.4, 0.5) is 0 Å². The Balaban J connectivity index is 2.98. The molecule has 0 aliphatic carbocycles. The summed E-state index contributed by atoms with van der Waals surface area (Å²) in [7, 11) is 0. The van der Waals surface area contributed by atoms with Crippen LogP contribution in [0.1, 0.15) is 16.1 Å². The molecule has 0 fully saturated rings. The summed E-state index contributed by atoms with van der Waals surface area (Å²) in [6.07, 6.45) is 2.02. The van der Waals surface area contributed by atoms with Gasteiger partial charge in [-0.2, -0.15) is 0 Å². The number of rotatable bonds is 2. The van der Waals surface area contributed by atoms with Gasteiger partial charge in [-0.3, -0.25) is 4.79 Å². The summed E-state index contributed by atoms with van der Waals surface area (Å²) in [5.74, 6) is 0.324. The minimum atomic E-state index is -0.221. The van der Waals surface area contributed by atoms with Crippen molar-refractivity contribution in [3.05, 3.63) is 23.7 Å². The van der Waals surface area contributed by atoms with Crippen LogP contribution in [-0.2, 0) is 6.61 Å². The van der Waals surface area contributed by atoms with Crippen molar-refractivity contribution in [1.82, 2.24) is 0 Å². The monoisotopic (exact) mass is 126 g/mol. The van der Waals surface area contributed by atoms with Crippen LogP contribution in [-0.4, -0.2) is 11.4 Å². The van der Waals surface area contributed by atoms with E-state index in [4.69, 9.17) is 9.52 Å². The topological polar surface area (TPSA) is 50.4 Å². The fourth-order valence-electron chi connectivity index (χ4n) is 0.584. The Bertz CT molecular complexity index is 202. The normalized spacial score (nSPS) is 9.44. The van der Waals surface area contributed by atoms with Gasteiger partial charge in [0.1, 0.15) is 12.4 Å². The molecule has 0 atom stereocenters. The van der Waals surface area contributed by atoms with E-state index in [1.165, 1.54) is 12.3 Å². The number of carbonyl (C=O) groups excluding carboxylic acids is 1. The summed E-state index contributed by atoms with van der Waals surface area (Å²) in [4.78, 5) is 10.1. The van der Waals surface area contributed by atoms with Crippen molar-refractivity contribution >= 4 is 6.29 Å². The molecule has 0 unspecified atom stereocenters. The Kier molecular flexibility index (Phi) is 1.65. The van der Waals surface area contributed by atoms with Crippen molar-refractivity contribution in [3.63, 3.8) is 0 Å². The molecule has 9 heavy (non-hydrogen) atoms. The third-order valence-electron chi connectivity index (χ3n) is 1.05. The van der Waals surface area contributed by atoms with Gasteiger partial charge in [-0.25, -0.2) is 0 Å². The molecule has 0 aromatic carbocycles. The second-order valence-corrected chi connectivity index (χ2v) is 1.58. The molecule has 1 heterocycles. The Labute approximate surface area is 51.9 Å². The number of carbonyl (C=O) groups is 1. The molecule has 0 saturated carbocycles. The first kappa shape index (κ1) is 6.04. The van der Waals surface area contributed by atoms with E-state index in [1.807, 2.05) is 0 Å². The van der Waals surface area contributed by atoms with Crippen LogP contribution in [0.3, 0.4) is 0 Å². The number of aliphatic hydroxyl groups is 1. The Morgan fingerprint density at radius 1 is 1.78 bits per heavy atom. The van der Waals surface area contributed by atoms with E-state index in [2.05, 4.69) is 0 Å². The molecule has 1 N–H and O–H groups in total. The fourth-order valence-corrected chi connectivity index (χ4v) is 0.584. The van der Waals surface area contributed by atoms with Crippen molar-refractivity contribution in [2.75, 3.05) is 0 Å². The largest absolute Gasteiger partial charge is 0.466 e. The number of furan rings is 1. The third kappa shape index (κ3) is 1.000. The van der Waals surface area contributed by atoms with Gasteiger partial charge in [0.2, 0.25) is 0 Å². The van der Waals surface area contributed by atoms with Gasteiger partial charge < -0.3 is 9.52 Å². The number of aldehydes is 1. The van der Waals surface area contributed by atoms with E-state index in [1.54, 1.807) is 0 Å². The predicted molar refractivity (Wildman–Crippen MR) is 30.0 cm³/mol. The molecule has 0 bridgehead atoms. The van der Waals surface area contributed by atoms with Crippen LogP contribution < -0.4 is 0 Å². The predicted octanol–water partition coefficient (Wildman–Crippen LogP) is 0.584. The van der Waals surface area contributed by atoms with Gasteiger partial charge in [0.05, 0.1) is 11.8 Å². The standard InChI is InChI=1S/C6H6O3/c7-3-5-1-2-9-6(5)4-8/h1-3,8H,4H2. The molecular weight excluding hydrogens is 120 g/mol. The van der Waals surface area contributed by atoms with Gasteiger partial charge in [0, 0.05) is 0 Å². The van der Waals surface area contributed by atoms with Gasteiger partial charge in [0.25, 0.3) is 0 Å². The fraction of sp³-hybridized carbons (Fsp3) is 0.167. The van der Waals surface area contributed by atoms with Crippen molar-refractivity contribution in [1.29, 1.82) is 0 Å². The summed E-state index contributed by atoms with van der Waals surface area (Å²) in [5.41, 5.74) is 0.414. The lowest BCUT2D eigenvalue weighted by Gasteiger charge is -1.85. The zero-order valence-electron chi connectivity index (χ0n) is 4.70. The molecule has 48 valence electrons. The summed E-state index contributed by atoms with van der Waals surface area (Å²) in [5, 5.41) is 8.49. The van der Waals surface area contributed by atoms with Gasteiger partial charge in [-0.05, 0) is 6.07 Å². The third-order valence-corrected chi connectivity index (χ3v) is 1.05. The molecule has 0 amide bonds. The highest BCUT2D eigenvalue weighted by molar-refractivity contribution is 5.75. The second-order valence-electron chi connectivity index (χ2n) is 1.58. The molecule has 0 spiro atoms. The van der Waals surface area contributed by atoms with E-state index >= 15 is 0 Å². The van der Waals surface area contributed by atoms with Crippen molar-refractivity contribution in [2.24, 2.45) is 0 Å². The number of hydrogen-bond donors (Lipinski definition) is 1. The molecule has 0 aliphatic heterocycles. The highest BCUT2D eigenvalue weighted by Gasteiger charge is 2.00. The van der Waals surface area contributed by atoms with Gasteiger partial charge in [-0.1, -0.05) is 0 Å². The van der Waals surface area contributed by atoms with Crippen LogP contribution in [0.5, 0.6) is 0 Å². The molecule has 1 aromatic heterocycles. The SMILES string of the molecule is O=Cc1ccoc1CO. The molecule has 1 aromatic rings. The van der Waals surface area contributed by atoms with E-state index in [-0.39, 0.29) is 6.61 Å². The van der Waals surface area contributed by atoms with Gasteiger partial charge in [0.15, 0.2) is 6.29 Å². The van der Waals surface area contributed by atoms with Crippen LogP contribution in [0.25, 0.3) is 0 Å². The van der Waals surface area contributed by atoms with E-state index in [0.717, 1.165) is 0 Å². The molecule has 3 heteroatoms. The van der Waals surface area contributed by atoms with Crippen molar-refractivity contribution in [3.8, 4) is 0 Å². The van der Waals surface area contributed by atoms with Gasteiger partial charge in [-0.15, -0.1) is 0 Å². The van der Waals surface area contributed by atoms with E-state index < -0.39 is 0 Å². The summed E-state index contributed by atoms with van der Waals surface area (Å²) >= 11 is 0. The molecule has 1 rings (SSSR count). The summed E-state index contributed by atoms with van der Waals surface area (Å²) < 4.78 is 4.72. The van der Waals surface area contributed by atoms with Crippen LogP contribution in [0.15, 0.2) is 16.7 Å². The highest BCUT2D eigenvalue weighted by atomic mass is 16.4. The van der Waals surface area contributed by atoms with Crippen molar-refractivity contribution in [2.45, 2.75) is 6.61 Å². The van der Waals surface area contributed by atoms with E-state index in [9.17, 15) is 4.79 Å². The molecule has 3 nitrogen and oxygen atoms in total. The molecule has 0 saturated heterocycles. The number of hydrogen-bond acceptors (Lipinski definition) is 3. The quantitative estimate of drug-likeness (QED) is 0.590. The highest BCUT2D eigenvalue weighted by Crippen LogP contribution is 2.06. The lowest BCUT2D eigenvalue weighted by Crippen LogP contribution is -1.84. The average molecular weight is 126 g/mol. The maximum absolute atomic E-state index is 10.1. The smallest absolute Gasteiger partial charge is 0.153 e. The summed E-state index contributed by atoms with van der Waals surface area (Å²) in [6, 6.07) is 1.51. The Hall–Kier alpha value is -1.09. The minimum Gasteiger partial charge on any atom is -0.466 e.